The van der Waals surface area contributed by atoms with Crippen molar-refractivity contribution in [2.45, 2.75) is 32.2 Å². The first-order valence-electron chi connectivity index (χ1n) is 5.67. The highest BCUT2D eigenvalue weighted by molar-refractivity contribution is 6.00. The Balaban J connectivity index is 2.11. The molecule has 4 nitrogen and oxygen atoms in total. The lowest BCUT2D eigenvalue weighted by Crippen LogP contribution is -2.49. The third kappa shape index (κ3) is 1.91. The number of hydrogen-bond donors (Lipinski definition) is 0. The molecule has 2 atom stereocenters. The van der Waals surface area contributed by atoms with Gasteiger partial charge in [-0.1, -0.05) is 0 Å². The quantitative estimate of drug-likeness (QED) is 0.496. The standard InChI is InChI=1S/C11H17NO3/c1-2-15-11(14)10-8-4-3-6-12(8)7-5-9(10)13/h8,10H,2-7H2,1H3. The summed E-state index contributed by atoms with van der Waals surface area (Å²) in [5.74, 6) is -0.767. The summed E-state index contributed by atoms with van der Waals surface area (Å²) < 4.78 is 4.97. The van der Waals surface area contributed by atoms with E-state index < -0.39 is 5.92 Å². The summed E-state index contributed by atoms with van der Waals surface area (Å²) in [6, 6.07) is 0.116. The van der Waals surface area contributed by atoms with Gasteiger partial charge in [0.15, 0.2) is 0 Å². The van der Waals surface area contributed by atoms with Crippen molar-refractivity contribution in [3.63, 3.8) is 0 Å². The predicted molar refractivity (Wildman–Crippen MR) is 54.3 cm³/mol. The molecule has 4 heteroatoms. The van der Waals surface area contributed by atoms with Crippen molar-refractivity contribution in [3.8, 4) is 0 Å². The van der Waals surface area contributed by atoms with Gasteiger partial charge < -0.3 is 4.74 Å². The van der Waals surface area contributed by atoms with E-state index in [1.807, 2.05) is 0 Å². The molecule has 15 heavy (non-hydrogen) atoms. The molecule has 2 rings (SSSR count). The summed E-state index contributed by atoms with van der Waals surface area (Å²) in [6.07, 6.45) is 2.54. The van der Waals surface area contributed by atoms with Crippen LogP contribution >= 0.6 is 0 Å². The fourth-order valence-corrected chi connectivity index (χ4v) is 2.65. The minimum atomic E-state index is -0.513. The van der Waals surface area contributed by atoms with E-state index in [4.69, 9.17) is 4.74 Å². The summed E-state index contributed by atoms with van der Waals surface area (Å²) in [7, 11) is 0. The zero-order chi connectivity index (χ0) is 10.8. The average molecular weight is 211 g/mol. The summed E-state index contributed by atoms with van der Waals surface area (Å²) in [5, 5.41) is 0. The van der Waals surface area contributed by atoms with E-state index in [0.29, 0.717) is 13.0 Å². The highest BCUT2D eigenvalue weighted by Crippen LogP contribution is 2.30. The van der Waals surface area contributed by atoms with Crippen molar-refractivity contribution in [1.82, 2.24) is 4.90 Å². The Bertz CT molecular complexity index is 277. The van der Waals surface area contributed by atoms with E-state index in [2.05, 4.69) is 4.90 Å². The summed E-state index contributed by atoms with van der Waals surface area (Å²) in [6.45, 7) is 3.97. The highest BCUT2D eigenvalue weighted by Gasteiger charge is 2.44. The normalized spacial score (nSPS) is 31.4. The third-order valence-electron chi connectivity index (χ3n) is 3.33. The molecule has 0 amide bonds. The minimum Gasteiger partial charge on any atom is -0.465 e. The van der Waals surface area contributed by atoms with Crippen LogP contribution in [0.25, 0.3) is 0 Å². The second-order valence-electron chi connectivity index (χ2n) is 4.19. The van der Waals surface area contributed by atoms with Gasteiger partial charge in [0.25, 0.3) is 0 Å². The van der Waals surface area contributed by atoms with Gasteiger partial charge in [0.05, 0.1) is 6.61 Å². The van der Waals surface area contributed by atoms with Crippen molar-refractivity contribution in [2.75, 3.05) is 19.7 Å². The van der Waals surface area contributed by atoms with Crippen LogP contribution in [0.2, 0.25) is 0 Å². The van der Waals surface area contributed by atoms with Crippen molar-refractivity contribution in [1.29, 1.82) is 0 Å². The topological polar surface area (TPSA) is 46.6 Å². The molecule has 2 saturated heterocycles. The number of nitrogens with zero attached hydrogens (tertiary/aromatic N) is 1. The van der Waals surface area contributed by atoms with Crippen molar-refractivity contribution < 1.29 is 14.3 Å². The van der Waals surface area contributed by atoms with Gasteiger partial charge in [-0.2, -0.15) is 0 Å². The first kappa shape index (κ1) is 10.6. The van der Waals surface area contributed by atoms with Crippen LogP contribution < -0.4 is 0 Å². The van der Waals surface area contributed by atoms with Gasteiger partial charge in [0.2, 0.25) is 0 Å². The molecule has 0 saturated carbocycles. The fourth-order valence-electron chi connectivity index (χ4n) is 2.65. The molecule has 0 spiro atoms. The molecule has 0 N–H and O–H groups in total. The maximum absolute atomic E-state index is 11.7. The Morgan fingerprint density at radius 3 is 3.07 bits per heavy atom. The molecule has 0 aliphatic carbocycles. The number of piperidine rings is 1. The second kappa shape index (κ2) is 4.31. The molecular formula is C11H17NO3. The lowest BCUT2D eigenvalue weighted by atomic mass is 9.88. The number of carbonyl (C=O) groups is 2. The van der Waals surface area contributed by atoms with Gasteiger partial charge in [-0.05, 0) is 26.3 Å². The van der Waals surface area contributed by atoms with E-state index in [1.54, 1.807) is 6.92 Å². The SMILES string of the molecule is CCOC(=O)C1C(=O)CCN2CCCC12. The third-order valence-corrected chi connectivity index (χ3v) is 3.33. The Kier molecular flexibility index (Phi) is 3.05. The molecule has 0 aromatic rings. The molecule has 2 aliphatic heterocycles. The molecule has 2 fully saturated rings. The van der Waals surface area contributed by atoms with Crippen LogP contribution in [-0.2, 0) is 14.3 Å². The maximum atomic E-state index is 11.7. The molecule has 0 radical (unpaired) electrons. The Hall–Kier alpha value is -0.900. The molecular weight excluding hydrogens is 194 g/mol. The van der Waals surface area contributed by atoms with E-state index in [0.717, 1.165) is 25.9 Å². The molecule has 84 valence electrons. The van der Waals surface area contributed by atoms with Crippen LogP contribution in [0.4, 0.5) is 0 Å². The van der Waals surface area contributed by atoms with E-state index in [9.17, 15) is 9.59 Å². The van der Waals surface area contributed by atoms with Gasteiger partial charge in [0, 0.05) is 19.0 Å². The van der Waals surface area contributed by atoms with Gasteiger partial charge in [-0.3, -0.25) is 14.5 Å². The minimum absolute atomic E-state index is 0.0663. The highest BCUT2D eigenvalue weighted by atomic mass is 16.5. The molecule has 2 unspecified atom stereocenters. The van der Waals surface area contributed by atoms with E-state index in [-0.39, 0.29) is 17.8 Å². The Morgan fingerprint density at radius 1 is 1.53 bits per heavy atom. The molecule has 2 aliphatic rings. The molecule has 2 heterocycles. The van der Waals surface area contributed by atoms with Crippen LogP contribution in [0.1, 0.15) is 26.2 Å². The van der Waals surface area contributed by atoms with Crippen LogP contribution in [0.5, 0.6) is 0 Å². The van der Waals surface area contributed by atoms with Gasteiger partial charge >= 0.3 is 5.97 Å². The maximum Gasteiger partial charge on any atom is 0.318 e. The molecule has 0 aromatic heterocycles. The number of esters is 1. The van der Waals surface area contributed by atoms with Crippen LogP contribution in [0.15, 0.2) is 0 Å². The first-order valence-corrected chi connectivity index (χ1v) is 5.67. The average Bonchev–Trinajstić information content (AvgIpc) is 2.65. The van der Waals surface area contributed by atoms with Gasteiger partial charge in [0.1, 0.15) is 11.7 Å². The monoisotopic (exact) mass is 211 g/mol. The molecule has 0 aromatic carbocycles. The smallest absolute Gasteiger partial charge is 0.318 e. The first-order chi connectivity index (χ1) is 7.24. The molecule has 0 bridgehead atoms. The number of ketones is 1. The largest absolute Gasteiger partial charge is 0.465 e. The lowest BCUT2D eigenvalue weighted by molar-refractivity contribution is -0.156. The van der Waals surface area contributed by atoms with Gasteiger partial charge in [-0.25, -0.2) is 0 Å². The van der Waals surface area contributed by atoms with Crippen LogP contribution in [0.3, 0.4) is 0 Å². The number of Topliss-reactive ketones (excluding diaryl/α,β-unsaturated/α-hetero) is 1. The number of ether oxygens (including phenoxy) is 1. The Labute approximate surface area is 89.6 Å². The fraction of sp³-hybridized carbons (Fsp3) is 0.818. The van der Waals surface area contributed by atoms with E-state index >= 15 is 0 Å². The number of carbonyl (C=O) groups excluding carboxylic acids is 2. The van der Waals surface area contributed by atoms with Gasteiger partial charge in [-0.15, -0.1) is 0 Å². The summed E-state index contributed by atoms with van der Waals surface area (Å²) in [5.41, 5.74) is 0. The van der Waals surface area contributed by atoms with Crippen LogP contribution in [0, 0.1) is 5.92 Å². The lowest BCUT2D eigenvalue weighted by Gasteiger charge is -2.33. The van der Waals surface area contributed by atoms with Crippen LogP contribution in [-0.4, -0.2) is 42.4 Å². The predicted octanol–water partition coefficient (Wildman–Crippen LogP) is 0.603. The number of fused-ring (bicyclic) bond motifs is 1. The zero-order valence-corrected chi connectivity index (χ0v) is 9.07. The Morgan fingerprint density at radius 2 is 2.33 bits per heavy atom. The van der Waals surface area contributed by atoms with Crippen molar-refractivity contribution in [3.05, 3.63) is 0 Å². The number of rotatable bonds is 2. The zero-order valence-electron chi connectivity index (χ0n) is 9.07. The number of hydrogen-bond acceptors (Lipinski definition) is 4. The summed E-state index contributed by atoms with van der Waals surface area (Å²) >= 11 is 0. The van der Waals surface area contributed by atoms with E-state index in [1.165, 1.54) is 0 Å². The van der Waals surface area contributed by atoms with Crippen molar-refractivity contribution >= 4 is 11.8 Å². The summed E-state index contributed by atoms with van der Waals surface area (Å²) in [4.78, 5) is 25.7. The second-order valence-corrected chi connectivity index (χ2v) is 4.19. The van der Waals surface area contributed by atoms with Crippen molar-refractivity contribution in [2.24, 2.45) is 5.92 Å².